The van der Waals surface area contributed by atoms with Gasteiger partial charge in [-0.3, -0.25) is 0 Å². The van der Waals surface area contributed by atoms with Gasteiger partial charge in [0, 0.05) is 15.1 Å². The molecule has 0 nitrogen and oxygen atoms in total. The van der Waals surface area contributed by atoms with Crippen LogP contribution in [0.15, 0.2) is 64.5 Å². The van der Waals surface area contributed by atoms with Crippen molar-refractivity contribution in [1.29, 1.82) is 0 Å². The summed E-state index contributed by atoms with van der Waals surface area (Å²) in [7, 11) is 0. The summed E-state index contributed by atoms with van der Waals surface area (Å²) in [6.45, 7) is 6.00. The molecule has 0 aromatic heterocycles. The first-order valence-electron chi connectivity index (χ1n) is 5.08. The van der Waals surface area contributed by atoms with Gasteiger partial charge in [-0.05, 0) is 24.6 Å². The molecule has 0 aliphatic rings. The molecule has 0 aliphatic heterocycles. The predicted octanol–water partition coefficient (Wildman–Crippen LogP) is 5.29. The average molecular weight is 295 g/mol. The number of allylic oxidation sites excluding steroid dienone is 4. The Hall–Kier alpha value is -0.730. The van der Waals surface area contributed by atoms with Crippen LogP contribution in [0.1, 0.15) is 12.5 Å². The van der Waals surface area contributed by atoms with Crippen LogP contribution in [0.5, 0.6) is 0 Å². The first-order valence-corrected chi connectivity index (χ1v) is 6.85. The van der Waals surface area contributed by atoms with Crippen molar-refractivity contribution in [1.82, 2.24) is 0 Å². The maximum atomic E-state index is 4.00. The number of hydrogen-bond donors (Lipinski definition) is 0. The van der Waals surface area contributed by atoms with Crippen LogP contribution in [0.25, 0.3) is 0 Å². The summed E-state index contributed by atoms with van der Waals surface area (Å²) in [4.78, 5) is 1.07. The summed E-state index contributed by atoms with van der Waals surface area (Å²) in [5, 5.41) is 0. The lowest BCUT2D eigenvalue weighted by atomic mass is 10.2. The number of hydrogen-bond acceptors (Lipinski definition) is 1. The summed E-state index contributed by atoms with van der Waals surface area (Å²) in [6, 6.07) is 10.4. The number of halogens is 1. The van der Waals surface area contributed by atoms with Gasteiger partial charge < -0.3 is 0 Å². The summed E-state index contributed by atoms with van der Waals surface area (Å²) in [5.41, 5.74) is 1.33. The molecule has 0 unspecified atom stereocenters. The highest BCUT2D eigenvalue weighted by molar-refractivity contribution is 9.11. The van der Waals surface area contributed by atoms with Gasteiger partial charge >= 0.3 is 0 Å². The molecule has 16 heavy (non-hydrogen) atoms. The molecule has 1 aromatic carbocycles. The Morgan fingerprint density at radius 2 is 2.00 bits per heavy atom. The molecule has 0 radical (unpaired) electrons. The second-order valence-corrected chi connectivity index (χ2v) is 5.26. The van der Waals surface area contributed by atoms with Gasteiger partial charge in [-0.25, -0.2) is 0 Å². The van der Waals surface area contributed by atoms with E-state index >= 15 is 0 Å². The van der Waals surface area contributed by atoms with Gasteiger partial charge in [0.25, 0.3) is 0 Å². The van der Waals surface area contributed by atoms with Crippen LogP contribution in [-0.2, 0) is 5.75 Å². The van der Waals surface area contributed by atoms with Crippen molar-refractivity contribution in [3.8, 4) is 0 Å². The van der Waals surface area contributed by atoms with Crippen LogP contribution in [0, 0.1) is 0 Å². The van der Waals surface area contributed by atoms with E-state index in [2.05, 4.69) is 46.8 Å². The minimum absolute atomic E-state index is 0.970. The van der Waals surface area contributed by atoms with Crippen LogP contribution in [0.3, 0.4) is 0 Å². The topological polar surface area (TPSA) is 0 Å². The summed E-state index contributed by atoms with van der Waals surface area (Å²) >= 11 is 5.18. The number of rotatable bonds is 5. The molecule has 84 valence electrons. The molecule has 0 saturated carbocycles. The van der Waals surface area contributed by atoms with E-state index in [-0.39, 0.29) is 0 Å². The maximum Gasteiger partial charge on any atom is 0.0231 e. The SMILES string of the molecule is C=C(/C=C\C(Br)=C/C)SCc1ccccc1. The Labute approximate surface area is 110 Å². The van der Waals surface area contributed by atoms with Crippen molar-refractivity contribution in [3.05, 3.63) is 70.1 Å². The Balaban J connectivity index is 2.39. The molecule has 0 amide bonds. The third-order valence-electron chi connectivity index (χ3n) is 1.97. The minimum atomic E-state index is 0.970. The smallest absolute Gasteiger partial charge is 0.0231 e. The molecule has 0 saturated heterocycles. The molecule has 0 N–H and O–H groups in total. The third kappa shape index (κ3) is 5.38. The summed E-state index contributed by atoms with van der Waals surface area (Å²) in [6.07, 6.45) is 6.05. The van der Waals surface area contributed by atoms with E-state index in [0.29, 0.717) is 0 Å². The van der Waals surface area contributed by atoms with E-state index in [4.69, 9.17) is 0 Å². The second kappa shape index (κ2) is 7.53. The Morgan fingerprint density at radius 3 is 2.62 bits per heavy atom. The van der Waals surface area contributed by atoms with Crippen molar-refractivity contribution in [3.63, 3.8) is 0 Å². The molecule has 0 bridgehead atoms. The lowest BCUT2D eigenvalue weighted by Crippen LogP contribution is -1.78. The molecule has 0 heterocycles. The van der Waals surface area contributed by atoms with Gasteiger partial charge in [0.05, 0.1) is 0 Å². The molecular formula is C14H15BrS. The van der Waals surface area contributed by atoms with Crippen LogP contribution >= 0.6 is 27.7 Å². The summed E-state index contributed by atoms with van der Waals surface area (Å²) in [5.74, 6) is 0.970. The first-order chi connectivity index (χ1) is 7.72. The minimum Gasteiger partial charge on any atom is -0.122 e. The standard InChI is InChI=1S/C14H15BrS/c1-3-14(15)10-9-12(2)16-11-13-7-5-4-6-8-13/h3-10H,2,11H2,1H3/b10-9-,14-3+. The third-order valence-corrected chi connectivity index (χ3v) is 3.68. The molecular weight excluding hydrogens is 280 g/mol. The van der Waals surface area contributed by atoms with E-state index in [0.717, 1.165) is 15.1 Å². The highest BCUT2D eigenvalue weighted by Gasteiger charge is 1.93. The molecule has 0 spiro atoms. The van der Waals surface area contributed by atoms with Gasteiger partial charge in [-0.2, -0.15) is 0 Å². The van der Waals surface area contributed by atoms with Crippen LogP contribution in [0.2, 0.25) is 0 Å². The molecule has 0 aliphatic carbocycles. The van der Waals surface area contributed by atoms with E-state index < -0.39 is 0 Å². The van der Waals surface area contributed by atoms with E-state index in [1.165, 1.54) is 5.56 Å². The Morgan fingerprint density at radius 1 is 1.31 bits per heavy atom. The number of benzene rings is 1. The van der Waals surface area contributed by atoms with E-state index in [1.807, 2.05) is 31.2 Å². The summed E-state index contributed by atoms with van der Waals surface area (Å²) < 4.78 is 1.08. The zero-order valence-corrected chi connectivity index (χ0v) is 11.7. The Kier molecular flexibility index (Phi) is 6.27. The van der Waals surface area contributed by atoms with Crippen LogP contribution in [-0.4, -0.2) is 0 Å². The van der Waals surface area contributed by atoms with Crippen molar-refractivity contribution in [2.45, 2.75) is 12.7 Å². The van der Waals surface area contributed by atoms with E-state index in [9.17, 15) is 0 Å². The highest BCUT2D eigenvalue weighted by atomic mass is 79.9. The monoisotopic (exact) mass is 294 g/mol. The van der Waals surface area contributed by atoms with Crippen LogP contribution in [0.4, 0.5) is 0 Å². The maximum absolute atomic E-state index is 4.00. The van der Waals surface area contributed by atoms with Crippen molar-refractivity contribution in [2.75, 3.05) is 0 Å². The van der Waals surface area contributed by atoms with Gasteiger partial charge in [-0.1, -0.05) is 58.9 Å². The normalized spacial score (nSPS) is 12.0. The van der Waals surface area contributed by atoms with E-state index in [1.54, 1.807) is 11.8 Å². The first kappa shape index (κ1) is 13.3. The zero-order valence-electron chi connectivity index (χ0n) is 9.32. The fourth-order valence-electron chi connectivity index (χ4n) is 1.07. The average Bonchev–Trinajstić information content (AvgIpc) is 2.34. The fraction of sp³-hybridized carbons (Fsp3) is 0.143. The lowest BCUT2D eigenvalue weighted by Gasteiger charge is -2.00. The predicted molar refractivity (Wildman–Crippen MR) is 78.7 cm³/mol. The Bertz CT molecular complexity index is 390. The highest BCUT2D eigenvalue weighted by Crippen LogP contribution is 2.21. The van der Waals surface area contributed by atoms with Crippen molar-refractivity contribution >= 4 is 27.7 Å². The molecule has 0 atom stereocenters. The van der Waals surface area contributed by atoms with Gasteiger partial charge in [-0.15, -0.1) is 11.8 Å². The molecule has 0 fully saturated rings. The molecule has 1 aromatic rings. The molecule has 2 heteroatoms. The van der Waals surface area contributed by atoms with Gasteiger partial charge in [0.2, 0.25) is 0 Å². The number of thioether (sulfide) groups is 1. The fourth-order valence-corrected chi connectivity index (χ4v) is 1.91. The quantitative estimate of drug-likeness (QED) is 0.665. The van der Waals surface area contributed by atoms with Crippen LogP contribution < -0.4 is 0 Å². The van der Waals surface area contributed by atoms with Crippen molar-refractivity contribution < 1.29 is 0 Å². The van der Waals surface area contributed by atoms with Gasteiger partial charge in [0.1, 0.15) is 0 Å². The zero-order chi connectivity index (χ0) is 11.8. The second-order valence-electron chi connectivity index (χ2n) is 3.25. The van der Waals surface area contributed by atoms with Gasteiger partial charge in [0.15, 0.2) is 0 Å². The largest absolute Gasteiger partial charge is 0.122 e. The molecule has 1 rings (SSSR count). The lowest BCUT2D eigenvalue weighted by molar-refractivity contribution is 1.42. The van der Waals surface area contributed by atoms with Crippen molar-refractivity contribution in [2.24, 2.45) is 0 Å².